The molecule has 22 heavy (non-hydrogen) atoms. The Bertz CT molecular complexity index is 635. The third kappa shape index (κ3) is 2.71. The molecule has 0 bridgehead atoms. The minimum Gasteiger partial charge on any atom is -0.457 e. The van der Waals surface area contributed by atoms with Crippen LogP contribution in [0.5, 0.6) is 11.5 Å². The molecule has 114 valence electrons. The Morgan fingerprint density at radius 2 is 1.64 bits per heavy atom. The lowest BCUT2D eigenvalue weighted by Gasteiger charge is -2.28. The molecular weight excluding hydrogens is 274 g/mol. The zero-order valence-corrected chi connectivity index (χ0v) is 13.0. The van der Waals surface area contributed by atoms with Gasteiger partial charge in [-0.2, -0.15) is 0 Å². The Labute approximate surface area is 131 Å². The molecule has 0 radical (unpaired) electrons. The average molecular weight is 295 g/mol. The first kappa shape index (κ1) is 14.6. The van der Waals surface area contributed by atoms with Gasteiger partial charge in [0, 0.05) is 17.2 Å². The topological polar surface area (TPSA) is 38.3 Å². The van der Waals surface area contributed by atoms with Gasteiger partial charge in [0.15, 0.2) is 0 Å². The van der Waals surface area contributed by atoms with Crippen molar-refractivity contribution in [2.75, 3.05) is 0 Å². The Kier molecular flexibility index (Phi) is 4.14. The van der Waals surface area contributed by atoms with Gasteiger partial charge in [0.05, 0.1) is 5.92 Å². The van der Waals surface area contributed by atoms with Crippen molar-refractivity contribution in [2.24, 2.45) is 0 Å². The van der Waals surface area contributed by atoms with Gasteiger partial charge in [-0.15, -0.1) is 0 Å². The van der Waals surface area contributed by atoms with E-state index in [1.807, 2.05) is 48.5 Å². The lowest BCUT2D eigenvalue weighted by Crippen LogP contribution is -2.37. The molecule has 1 aliphatic rings. The quantitative estimate of drug-likeness (QED) is 0.916. The summed E-state index contributed by atoms with van der Waals surface area (Å²) in [5.41, 5.74) is 1.87. The number of ether oxygens (including phenoxy) is 1. The molecule has 0 spiro atoms. The summed E-state index contributed by atoms with van der Waals surface area (Å²) in [7, 11) is 0. The summed E-state index contributed by atoms with van der Waals surface area (Å²) in [4.78, 5) is 12.8. The first-order valence-electron chi connectivity index (χ1n) is 7.86. The van der Waals surface area contributed by atoms with E-state index in [1.54, 1.807) is 0 Å². The Hall–Kier alpha value is -2.29. The number of rotatable bonds is 4. The summed E-state index contributed by atoms with van der Waals surface area (Å²) < 4.78 is 5.93. The number of hydrogen-bond donors (Lipinski definition) is 1. The maximum atomic E-state index is 12.8. The van der Waals surface area contributed by atoms with Crippen molar-refractivity contribution in [3.63, 3.8) is 0 Å². The highest BCUT2D eigenvalue weighted by molar-refractivity contribution is 5.89. The Balaban J connectivity index is 1.97. The van der Waals surface area contributed by atoms with Gasteiger partial charge in [-0.05, 0) is 25.5 Å². The molecule has 0 saturated carbocycles. The first-order valence-corrected chi connectivity index (χ1v) is 7.86. The molecule has 0 unspecified atom stereocenters. The van der Waals surface area contributed by atoms with Crippen molar-refractivity contribution >= 4 is 5.91 Å². The number of fused-ring (bicyclic) bond motifs is 2. The van der Waals surface area contributed by atoms with E-state index in [2.05, 4.69) is 19.2 Å². The van der Waals surface area contributed by atoms with E-state index in [-0.39, 0.29) is 17.9 Å². The molecule has 1 heterocycles. The van der Waals surface area contributed by atoms with Crippen molar-refractivity contribution in [2.45, 2.75) is 38.6 Å². The molecule has 1 aliphatic heterocycles. The molecule has 2 aromatic carbocycles. The van der Waals surface area contributed by atoms with E-state index < -0.39 is 0 Å². The summed E-state index contributed by atoms with van der Waals surface area (Å²) in [5.74, 6) is 1.28. The van der Waals surface area contributed by atoms with Crippen LogP contribution in [0, 0.1) is 0 Å². The predicted octanol–water partition coefficient (Wildman–Crippen LogP) is 4.23. The maximum Gasteiger partial charge on any atom is 0.232 e. The summed E-state index contributed by atoms with van der Waals surface area (Å²) in [5, 5.41) is 3.14. The number of para-hydroxylation sites is 2. The fourth-order valence-corrected chi connectivity index (χ4v) is 3.02. The molecule has 0 saturated heterocycles. The fraction of sp³-hybridized carbons (Fsp3) is 0.316. The van der Waals surface area contributed by atoms with Crippen LogP contribution in [0.3, 0.4) is 0 Å². The average Bonchev–Trinajstić information content (AvgIpc) is 2.52. The van der Waals surface area contributed by atoms with Crippen molar-refractivity contribution in [3.05, 3.63) is 59.7 Å². The number of nitrogens with one attached hydrogen (secondary N) is 1. The molecule has 0 aromatic heterocycles. The molecule has 1 N–H and O–H groups in total. The van der Waals surface area contributed by atoms with Crippen molar-refractivity contribution in [1.29, 1.82) is 0 Å². The van der Waals surface area contributed by atoms with Crippen LogP contribution in [0.2, 0.25) is 0 Å². The van der Waals surface area contributed by atoms with E-state index in [1.165, 1.54) is 0 Å². The van der Waals surface area contributed by atoms with E-state index >= 15 is 0 Å². The third-order valence-corrected chi connectivity index (χ3v) is 4.05. The number of carbonyl (C=O) groups is 1. The van der Waals surface area contributed by atoms with Crippen LogP contribution in [0.1, 0.15) is 43.7 Å². The van der Waals surface area contributed by atoms with Crippen LogP contribution in [-0.4, -0.2) is 11.9 Å². The predicted molar refractivity (Wildman–Crippen MR) is 87.3 cm³/mol. The van der Waals surface area contributed by atoms with Crippen LogP contribution < -0.4 is 10.1 Å². The second-order valence-corrected chi connectivity index (χ2v) is 5.81. The largest absolute Gasteiger partial charge is 0.457 e. The molecule has 1 atom stereocenters. The maximum absolute atomic E-state index is 12.8. The summed E-state index contributed by atoms with van der Waals surface area (Å²) in [6, 6.07) is 15.7. The third-order valence-electron chi connectivity index (χ3n) is 4.05. The van der Waals surface area contributed by atoms with Gasteiger partial charge in [0.1, 0.15) is 11.5 Å². The number of benzene rings is 2. The first-order chi connectivity index (χ1) is 10.7. The Morgan fingerprint density at radius 3 is 2.18 bits per heavy atom. The van der Waals surface area contributed by atoms with Crippen molar-refractivity contribution in [1.82, 2.24) is 5.32 Å². The molecule has 0 fully saturated rings. The molecule has 3 nitrogen and oxygen atoms in total. The highest BCUT2D eigenvalue weighted by Crippen LogP contribution is 2.43. The van der Waals surface area contributed by atoms with Crippen LogP contribution in [0.15, 0.2) is 48.5 Å². The van der Waals surface area contributed by atoms with Gasteiger partial charge in [-0.3, -0.25) is 4.79 Å². The molecule has 1 amide bonds. The minimum atomic E-state index is -0.305. The highest BCUT2D eigenvalue weighted by atomic mass is 16.5. The van der Waals surface area contributed by atoms with E-state index in [0.29, 0.717) is 0 Å². The molecule has 3 rings (SSSR count). The zero-order valence-electron chi connectivity index (χ0n) is 13.0. The van der Waals surface area contributed by atoms with Gasteiger partial charge in [-0.1, -0.05) is 49.7 Å². The van der Waals surface area contributed by atoms with Crippen molar-refractivity contribution in [3.8, 4) is 11.5 Å². The van der Waals surface area contributed by atoms with Gasteiger partial charge >= 0.3 is 0 Å². The second-order valence-electron chi connectivity index (χ2n) is 5.81. The minimum absolute atomic E-state index is 0.0455. The van der Waals surface area contributed by atoms with Gasteiger partial charge in [0.25, 0.3) is 0 Å². The van der Waals surface area contributed by atoms with Gasteiger partial charge in [0.2, 0.25) is 5.91 Å². The number of carbonyl (C=O) groups excluding carboxylic acids is 1. The standard InChI is InChI=1S/C19H21NO2/c1-3-8-13(2)20-19(21)18-14-9-4-6-11-16(14)22-17-12-7-5-10-15(17)18/h4-7,9-13,18H,3,8H2,1-2H3,(H,20,21)/t13-/m0/s1. The Morgan fingerprint density at radius 1 is 1.09 bits per heavy atom. The smallest absolute Gasteiger partial charge is 0.232 e. The molecule has 0 aliphatic carbocycles. The fourth-order valence-electron chi connectivity index (χ4n) is 3.02. The molecule has 3 heteroatoms. The lowest BCUT2D eigenvalue weighted by atomic mass is 9.87. The highest BCUT2D eigenvalue weighted by Gasteiger charge is 2.32. The molecular formula is C19H21NO2. The second kappa shape index (κ2) is 6.22. The van der Waals surface area contributed by atoms with E-state index in [4.69, 9.17) is 4.74 Å². The normalized spacial score (nSPS) is 14.5. The zero-order chi connectivity index (χ0) is 15.5. The van der Waals surface area contributed by atoms with Gasteiger partial charge < -0.3 is 10.1 Å². The summed E-state index contributed by atoms with van der Waals surface area (Å²) in [6.07, 6.45) is 2.04. The molecule has 2 aromatic rings. The van der Waals surface area contributed by atoms with Crippen LogP contribution >= 0.6 is 0 Å². The van der Waals surface area contributed by atoms with Crippen LogP contribution in [0.25, 0.3) is 0 Å². The van der Waals surface area contributed by atoms with Gasteiger partial charge in [-0.25, -0.2) is 0 Å². The number of amides is 1. The number of hydrogen-bond acceptors (Lipinski definition) is 2. The van der Waals surface area contributed by atoms with Crippen LogP contribution in [-0.2, 0) is 4.79 Å². The lowest BCUT2D eigenvalue weighted by molar-refractivity contribution is -0.122. The monoisotopic (exact) mass is 295 g/mol. The van der Waals surface area contributed by atoms with E-state index in [9.17, 15) is 4.79 Å². The van der Waals surface area contributed by atoms with E-state index in [0.717, 1.165) is 35.5 Å². The SMILES string of the molecule is CCC[C@H](C)NC(=O)C1c2ccccc2Oc2ccccc21. The summed E-state index contributed by atoms with van der Waals surface area (Å²) >= 11 is 0. The van der Waals surface area contributed by atoms with Crippen LogP contribution in [0.4, 0.5) is 0 Å². The summed E-state index contributed by atoms with van der Waals surface area (Å²) in [6.45, 7) is 4.18. The van der Waals surface area contributed by atoms with Crippen molar-refractivity contribution < 1.29 is 9.53 Å².